The van der Waals surface area contributed by atoms with Gasteiger partial charge in [-0.25, -0.2) is 0 Å². The van der Waals surface area contributed by atoms with Crippen LogP contribution in [0, 0.1) is 31.1 Å². The van der Waals surface area contributed by atoms with Crippen molar-refractivity contribution < 1.29 is 4.74 Å². The average molecular weight is 229 g/mol. The summed E-state index contributed by atoms with van der Waals surface area (Å²) in [5.74, 6) is 1.69. The van der Waals surface area contributed by atoms with Crippen molar-refractivity contribution in [2.24, 2.45) is 5.92 Å². The molecule has 0 heterocycles. The Bertz CT molecular complexity index is 416. The Balaban J connectivity index is 2.07. The van der Waals surface area contributed by atoms with E-state index in [-0.39, 0.29) is 0 Å². The van der Waals surface area contributed by atoms with E-state index >= 15 is 0 Å². The second-order valence-electron chi connectivity index (χ2n) is 5.01. The largest absolute Gasteiger partial charge is 0.493 e. The van der Waals surface area contributed by atoms with Crippen molar-refractivity contribution in [2.45, 2.75) is 39.5 Å². The van der Waals surface area contributed by atoms with Gasteiger partial charge in [-0.05, 0) is 55.9 Å². The highest BCUT2D eigenvalue weighted by Gasteiger charge is 2.16. The molecule has 1 aromatic rings. The van der Waals surface area contributed by atoms with Crippen molar-refractivity contribution in [3.05, 3.63) is 28.8 Å². The second kappa shape index (κ2) is 5.23. The molecule has 1 fully saturated rings. The molecule has 0 N–H and O–H groups in total. The molecule has 2 rings (SSSR count). The fourth-order valence-corrected chi connectivity index (χ4v) is 2.62. The van der Waals surface area contributed by atoms with Crippen LogP contribution in [0.25, 0.3) is 0 Å². The van der Waals surface area contributed by atoms with Gasteiger partial charge in [-0.15, -0.1) is 0 Å². The van der Waals surface area contributed by atoms with Crippen molar-refractivity contribution >= 4 is 0 Å². The molecule has 0 radical (unpaired) electrons. The molecule has 0 bridgehead atoms. The first-order valence-electron chi connectivity index (χ1n) is 6.35. The molecular weight excluding hydrogens is 210 g/mol. The molecule has 2 heteroatoms. The lowest BCUT2D eigenvalue weighted by atomic mass is 10.1. The summed E-state index contributed by atoms with van der Waals surface area (Å²) in [6, 6.07) is 5.98. The quantitative estimate of drug-likeness (QED) is 0.791. The number of rotatable bonds is 3. The van der Waals surface area contributed by atoms with Crippen LogP contribution in [-0.2, 0) is 0 Å². The van der Waals surface area contributed by atoms with Crippen LogP contribution in [0.15, 0.2) is 12.1 Å². The van der Waals surface area contributed by atoms with Crippen molar-refractivity contribution in [2.75, 3.05) is 6.61 Å². The van der Waals surface area contributed by atoms with Gasteiger partial charge in [0.05, 0.1) is 18.2 Å². The number of nitrogens with zero attached hydrogens (tertiary/aromatic N) is 1. The maximum atomic E-state index is 8.89. The molecule has 0 aromatic heterocycles. The summed E-state index contributed by atoms with van der Waals surface area (Å²) >= 11 is 0. The Labute approximate surface area is 103 Å². The van der Waals surface area contributed by atoms with E-state index in [1.54, 1.807) is 0 Å². The second-order valence-corrected chi connectivity index (χ2v) is 5.01. The lowest BCUT2D eigenvalue weighted by molar-refractivity contribution is 0.249. The van der Waals surface area contributed by atoms with E-state index in [0.29, 0.717) is 5.56 Å². The molecule has 2 nitrogen and oxygen atoms in total. The summed E-state index contributed by atoms with van der Waals surface area (Å²) in [5.41, 5.74) is 2.85. The van der Waals surface area contributed by atoms with E-state index in [0.717, 1.165) is 29.4 Å². The molecule has 1 saturated carbocycles. The normalized spacial score (nSPS) is 15.8. The molecule has 17 heavy (non-hydrogen) atoms. The number of benzene rings is 1. The summed E-state index contributed by atoms with van der Waals surface area (Å²) in [4.78, 5) is 0. The molecule has 0 aliphatic heterocycles. The van der Waals surface area contributed by atoms with Gasteiger partial charge in [-0.3, -0.25) is 0 Å². The molecule has 90 valence electrons. The summed E-state index contributed by atoms with van der Waals surface area (Å²) in [5, 5.41) is 8.89. The first-order chi connectivity index (χ1) is 8.20. The summed E-state index contributed by atoms with van der Waals surface area (Å²) in [6.45, 7) is 4.85. The maximum absolute atomic E-state index is 8.89. The molecule has 0 atom stereocenters. The minimum Gasteiger partial charge on any atom is -0.493 e. The fraction of sp³-hybridized carbons (Fsp3) is 0.533. The first kappa shape index (κ1) is 12.0. The minimum absolute atomic E-state index is 0.716. The van der Waals surface area contributed by atoms with Crippen LogP contribution < -0.4 is 4.74 Å². The van der Waals surface area contributed by atoms with Crippen molar-refractivity contribution in [1.29, 1.82) is 5.26 Å². The van der Waals surface area contributed by atoms with Crippen LogP contribution in [0.3, 0.4) is 0 Å². The SMILES string of the molecule is Cc1cc(C#N)cc(C)c1OCC1CCCC1. The Morgan fingerprint density at radius 1 is 1.24 bits per heavy atom. The highest BCUT2D eigenvalue weighted by atomic mass is 16.5. The minimum atomic E-state index is 0.716. The highest BCUT2D eigenvalue weighted by Crippen LogP contribution is 2.29. The zero-order valence-corrected chi connectivity index (χ0v) is 10.6. The van der Waals surface area contributed by atoms with Gasteiger partial charge in [0.25, 0.3) is 0 Å². The maximum Gasteiger partial charge on any atom is 0.125 e. The number of ether oxygens (including phenoxy) is 1. The predicted molar refractivity (Wildman–Crippen MR) is 68.1 cm³/mol. The molecule has 0 amide bonds. The number of nitriles is 1. The van der Waals surface area contributed by atoms with E-state index in [1.807, 2.05) is 26.0 Å². The summed E-state index contributed by atoms with van der Waals surface area (Å²) < 4.78 is 5.94. The zero-order valence-electron chi connectivity index (χ0n) is 10.6. The number of aryl methyl sites for hydroxylation is 2. The third kappa shape index (κ3) is 2.79. The van der Waals surface area contributed by atoms with E-state index in [1.165, 1.54) is 25.7 Å². The zero-order chi connectivity index (χ0) is 12.3. The van der Waals surface area contributed by atoms with Gasteiger partial charge < -0.3 is 4.74 Å². The third-order valence-electron chi connectivity index (χ3n) is 3.53. The third-order valence-corrected chi connectivity index (χ3v) is 3.53. The first-order valence-corrected chi connectivity index (χ1v) is 6.35. The van der Waals surface area contributed by atoms with Crippen LogP contribution in [-0.4, -0.2) is 6.61 Å². The summed E-state index contributed by atoms with van der Waals surface area (Å²) in [7, 11) is 0. The van der Waals surface area contributed by atoms with Gasteiger partial charge in [-0.2, -0.15) is 5.26 Å². The molecule has 1 aliphatic rings. The van der Waals surface area contributed by atoms with E-state index in [9.17, 15) is 0 Å². The molecule has 1 aliphatic carbocycles. The Morgan fingerprint density at radius 2 is 1.82 bits per heavy atom. The van der Waals surface area contributed by atoms with Crippen LogP contribution in [0.1, 0.15) is 42.4 Å². The standard InChI is InChI=1S/C15H19NO/c1-11-7-14(9-16)8-12(2)15(11)17-10-13-5-3-4-6-13/h7-8,13H,3-6,10H2,1-2H3. The fourth-order valence-electron chi connectivity index (χ4n) is 2.62. The Hall–Kier alpha value is -1.49. The van der Waals surface area contributed by atoms with Crippen LogP contribution in [0.4, 0.5) is 0 Å². The highest BCUT2D eigenvalue weighted by molar-refractivity contribution is 5.47. The predicted octanol–water partition coefficient (Wildman–Crippen LogP) is 3.74. The van der Waals surface area contributed by atoms with Crippen LogP contribution in [0.5, 0.6) is 5.75 Å². The van der Waals surface area contributed by atoms with Crippen molar-refractivity contribution in [3.63, 3.8) is 0 Å². The van der Waals surface area contributed by atoms with Crippen molar-refractivity contribution in [1.82, 2.24) is 0 Å². The van der Waals surface area contributed by atoms with Gasteiger partial charge in [0.2, 0.25) is 0 Å². The Morgan fingerprint density at radius 3 is 2.35 bits per heavy atom. The smallest absolute Gasteiger partial charge is 0.125 e. The molecule has 0 spiro atoms. The van der Waals surface area contributed by atoms with Gasteiger partial charge in [0.1, 0.15) is 5.75 Å². The van der Waals surface area contributed by atoms with Gasteiger partial charge in [-0.1, -0.05) is 12.8 Å². The van der Waals surface area contributed by atoms with Gasteiger partial charge in [0.15, 0.2) is 0 Å². The monoisotopic (exact) mass is 229 g/mol. The lowest BCUT2D eigenvalue weighted by Crippen LogP contribution is -2.09. The molecule has 1 aromatic carbocycles. The van der Waals surface area contributed by atoms with Gasteiger partial charge >= 0.3 is 0 Å². The summed E-state index contributed by atoms with van der Waals surface area (Å²) in [6.07, 6.45) is 5.29. The number of hydrogen-bond donors (Lipinski definition) is 0. The topological polar surface area (TPSA) is 33.0 Å². The molecular formula is C15H19NO. The number of hydrogen-bond acceptors (Lipinski definition) is 2. The molecule has 0 saturated heterocycles. The Kier molecular flexibility index (Phi) is 3.68. The van der Waals surface area contributed by atoms with Gasteiger partial charge in [0, 0.05) is 0 Å². The average Bonchev–Trinajstić information content (AvgIpc) is 2.80. The van der Waals surface area contributed by atoms with Crippen molar-refractivity contribution in [3.8, 4) is 11.8 Å². The van der Waals surface area contributed by atoms with E-state index in [2.05, 4.69) is 6.07 Å². The molecule has 0 unspecified atom stereocenters. The van der Waals surface area contributed by atoms with E-state index < -0.39 is 0 Å². The van der Waals surface area contributed by atoms with Crippen LogP contribution in [0.2, 0.25) is 0 Å². The lowest BCUT2D eigenvalue weighted by Gasteiger charge is -2.15. The van der Waals surface area contributed by atoms with Crippen LogP contribution >= 0.6 is 0 Å². The van der Waals surface area contributed by atoms with E-state index in [4.69, 9.17) is 10.00 Å².